The van der Waals surface area contributed by atoms with Gasteiger partial charge in [0.2, 0.25) is 5.91 Å². The summed E-state index contributed by atoms with van der Waals surface area (Å²) in [7, 11) is 0. The van der Waals surface area contributed by atoms with Crippen molar-refractivity contribution in [2.24, 2.45) is 5.73 Å². The largest absolute Gasteiger partial charge is 0.354 e. The molecular formula is C11H17Cl2N3O. The first-order valence-corrected chi connectivity index (χ1v) is 5.17. The normalized spacial score (nSPS) is 15.1. The van der Waals surface area contributed by atoms with E-state index in [4.69, 9.17) is 5.73 Å². The third kappa shape index (κ3) is 4.50. The fourth-order valence-electron chi connectivity index (χ4n) is 1.40. The molecule has 0 radical (unpaired) electrons. The number of rotatable bonds is 4. The molecule has 0 atom stereocenters. The molecule has 17 heavy (non-hydrogen) atoms. The molecule has 0 aliphatic heterocycles. The van der Waals surface area contributed by atoms with Crippen LogP contribution in [0.2, 0.25) is 0 Å². The quantitative estimate of drug-likeness (QED) is 0.865. The summed E-state index contributed by atoms with van der Waals surface area (Å²) in [5.74, 6) is -0.0219. The van der Waals surface area contributed by atoms with Crippen LogP contribution < -0.4 is 11.1 Å². The Morgan fingerprint density at radius 3 is 2.71 bits per heavy atom. The predicted octanol–water partition coefficient (Wildman–Crippen LogP) is 1.08. The lowest BCUT2D eigenvalue weighted by Gasteiger charge is -2.09. The van der Waals surface area contributed by atoms with E-state index in [0.29, 0.717) is 6.54 Å². The Bertz CT molecular complexity index is 355. The fraction of sp³-hybridized carbons (Fsp3) is 0.455. The zero-order valence-corrected chi connectivity index (χ0v) is 11.0. The number of pyridine rings is 1. The molecule has 1 fully saturated rings. The van der Waals surface area contributed by atoms with Gasteiger partial charge in [0.05, 0.1) is 5.54 Å². The van der Waals surface area contributed by atoms with Gasteiger partial charge in [0, 0.05) is 18.9 Å². The second kappa shape index (κ2) is 6.79. The molecule has 1 heterocycles. The van der Waals surface area contributed by atoms with Gasteiger partial charge in [-0.25, -0.2) is 0 Å². The highest BCUT2D eigenvalue weighted by molar-refractivity contribution is 5.88. The molecular weight excluding hydrogens is 261 g/mol. The summed E-state index contributed by atoms with van der Waals surface area (Å²) in [6.45, 7) is 0.628. The number of aromatic nitrogens is 1. The van der Waals surface area contributed by atoms with Gasteiger partial charge in [-0.3, -0.25) is 9.78 Å². The highest BCUT2D eigenvalue weighted by Gasteiger charge is 2.45. The van der Waals surface area contributed by atoms with E-state index in [1.807, 2.05) is 18.3 Å². The smallest absolute Gasteiger partial charge is 0.240 e. The van der Waals surface area contributed by atoms with Crippen LogP contribution in [0.5, 0.6) is 0 Å². The molecule has 2 rings (SSSR count). The Labute approximate surface area is 113 Å². The van der Waals surface area contributed by atoms with E-state index in [1.54, 1.807) is 6.20 Å². The lowest BCUT2D eigenvalue weighted by Crippen LogP contribution is -2.43. The highest BCUT2D eigenvalue weighted by atomic mass is 35.5. The average molecular weight is 278 g/mol. The third-order valence-electron chi connectivity index (χ3n) is 2.66. The molecule has 4 nitrogen and oxygen atoms in total. The Kier molecular flexibility index (Phi) is 6.45. The summed E-state index contributed by atoms with van der Waals surface area (Å²) >= 11 is 0. The summed E-state index contributed by atoms with van der Waals surface area (Å²) < 4.78 is 0. The molecule has 3 N–H and O–H groups in total. The first-order chi connectivity index (χ1) is 7.21. The van der Waals surface area contributed by atoms with Gasteiger partial charge >= 0.3 is 0 Å². The molecule has 0 unspecified atom stereocenters. The van der Waals surface area contributed by atoms with Gasteiger partial charge in [0.25, 0.3) is 0 Å². The van der Waals surface area contributed by atoms with Gasteiger partial charge in [0.15, 0.2) is 0 Å². The van der Waals surface area contributed by atoms with Gasteiger partial charge in [-0.2, -0.15) is 0 Å². The number of halogens is 2. The number of hydrogen-bond donors (Lipinski definition) is 2. The standard InChI is InChI=1S/C11H15N3O.2ClH/c12-11(4-5-11)10(15)14-7-3-9-2-1-6-13-8-9;;/h1-2,6,8H,3-5,7,12H2,(H,14,15);2*1H. The van der Waals surface area contributed by atoms with Crippen molar-refractivity contribution in [1.82, 2.24) is 10.3 Å². The predicted molar refractivity (Wildman–Crippen MR) is 71.6 cm³/mol. The lowest BCUT2D eigenvalue weighted by molar-refractivity contribution is -0.123. The molecule has 6 heteroatoms. The summed E-state index contributed by atoms with van der Waals surface area (Å²) in [6.07, 6.45) is 5.97. The van der Waals surface area contributed by atoms with Crippen LogP contribution in [0.15, 0.2) is 24.5 Å². The van der Waals surface area contributed by atoms with Gasteiger partial charge in [-0.15, -0.1) is 24.8 Å². The minimum Gasteiger partial charge on any atom is -0.354 e. The lowest BCUT2D eigenvalue weighted by atomic mass is 10.2. The van der Waals surface area contributed by atoms with Crippen molar-refractivity contribution >= 4 is 30.7 Å². The summed E-state index contributed by atoms with van der Waals surface area (Å²) in [5, 5.41) is 2.84. The maximum atomic E-state index is 11.5. The van der Waals surface area contributed by atoms with E-state index in [1.165, 1.54) is 0 Å². The van der Waals surface area contributed by atoms with E-state index in [0.717, 1.165) is 24.8 Å². The second-order valence-electron chi connectivity index (χ2n) is 4.02. The van der Waals surface area contributed by atoms with Crippen LogP contribution in [0.25, 0.3) is 0 Å². The number of hydrogen-bond acceptors (Lipinski definition) is 3. The van der Waals surface area contributed by atoms with E-state index in [2.05, 4.69) is 10.3 Å². The molecule has 0 aromatic carbocycles. The van der Waals surface area contributed by atoms with Crippen LogP contribution in [0.1, 0.15) is 18.4 Å². The summed E-state index contributed by atoms with van der Waals surface area (Å²) in [5.41, 5.74) is 6.31. The van der Waals surface area contributed by atoms with Crippen molar-refractivity contribution in [3.05, 3.63) is 30.1 Å². The topological polar surface area (TPSA) is 68.0 Å². The molecule has 1 aliphatic rings. The van der Waals surface area contributed by atoms with Crippen molar-refractivity contribution in [2.75, 3.05) is 6.54 Å². The van der Waals surface area contributed by atoms with Crippen LogP contribution >= 0.6 is 24.8 Å². The van der Waals surface area contributed by atoms with Gasteiger partial charge in [-0.05, 0) is 30.9 Å². The van der Waals surface area contributed by atoms with Crippen LogP contribution in [0.3, 0.4) is 0 Å². The van der Waals surface area contributed by atoms with Crippen molar-refractivity contribution in [3.8, 4) is 0 Å². The number of carbonyl (C=O) groups is 1. The van der Waals surface area contributed by atoms with E-state index >= 15 is 0 Å². The first-order valence-electron chi connectivity index (χ1n) is 5.17. The average Bonchev–Trinajstić information content (AvgIpc) is 2.99. The zero-order chi connectivity index (χ0) is 10.7. The molecule has 1 aliphatic carbocycles. The zero-order valence-electron chi connectivity index (χ0n) is 9.39. The number of nitrogens with two attached hydrogens (primary N) is 1. The van der Waals surface area contributed by atoms with E-state index < -0.39 is 5.54 Å². The van der Waals surface area contributed by atoms with Crippen molar-refractivity contribution < 1.29 is 4.79 Å². The Morgan fingerprint density at radius 1 is 1.47 bits per heavy atom. The Balaban J connectivity index is 0.00000128. The Morgan fingerprint density at radius 2 is 2.18 bits per heavy atom. The molecule has 1 amide bonds. The van der Waals surface area contributed by atoms with Crippen LogP contribution in [0, 0.1) is 0 Å². The van der Waals surface area contributed by atoms with E-state index in [-0.39, 0.29) is 30.7 Å². The van der Waals surface area contributed by atoms with Crippen LogP contribution in [0.4, 0.5) is 0 Å². The molecule has 1 saturated carbocycles. The van der Waals surface area contributed by atoms with Gasteiger partial charge in [-0.1, -0.05) is 6.07 Å². The van der Waals surface area contributed by atoms with E-state index in [9.17, 15) is 4.79 Å². The highest BCUT2D eigenvalue weighted by Crippen LogP contribution is 2.31. The van der Waals surface area contributed by atoms with Crippen molar-refractivity contribution in [3.63, 3.8) is 0 Å². The second-order valence-corrected chi connectivity index (χ2v) is 4.02. The molecule has 0 bridgehead atoms. The van der Waals surface area contributed by atoms with Gasteiger partial charge < -0.3 is 11.1 Å². The van der Waals surface area contributed by atoms with Gasteiger partial charge in [0.1, 0.15) is 0 Å². The first kappa shape index (κ1) is 16.2. The monoisotopic (exact) mass is 277 g/mol. The number of carbonyl (C=O) groups excluding carboxylic acids is 1. The number of nitrogens with one attached hydrogen (secondary N) is 1. The molecule has 0 saturated heterocycles. The maximum Gasteiger partial charge on any atom is 0.240 e. The number of nitrogens with zero attached hydrogens (tertiary/aromatic N) is 1. The Hall–Kier alpha value is -0.840. The van der Waals surface area contributed by atoms with Crippen molar-refractivity contribution in [2.45, 2.75) is 24.8 Å². The van der Waals surface area contributed by atoms with Crippen LogP contribution in [-0.4, -0.2) is 23.0 Å². The number of amides is 1. The molecule has 1 aromatic heterocycles. The fourth-order valence-corrected chi connectivity index (χ4v) is 1.40. The summed E-state index contributed by atoms with van der Waals surface area (Å²) in [6, 6.07) is 3.89. The molecule has 0 spiro atoms. The third-order valence-corrected chi connectivity index (χ3v) is 2.66. The van der Waals surface area contributed by atoms with Crippen molar-refractivity contribution in [1.29, 1.82) is 0 Å². The summed E-state index contributed by atoms with van der Waals surface area (Å²) in [4.78, 5) is 15.5. The maximum absolute atomic E-state index is 11.5. The SMILES string of the molecule is Cl.Cl.NC1(C(=O)NCCc2cccnc2)CC1. The molecule has 96 valence electrons. The minimum atomic E-state index is -0.561. The molecule has 1 aromatic rings. The van der Waals surface area contributed by atoms with Crippen LogP contribution in [-0.2, 0) is 11.2 Å². The minimum absolute atomic E-state index is 0.